The van der Waals surface area contributed by atoms with Gasteiger partial charge in [-0.2, -0.15) is 5.10 Å². The lowest BCUT2D eigenvalue weighted by molar-refractivity contribution is 0.103. The molecular weight excluding hydrogens is 252 g/mol. The number of aryl methyl sites for hydroxylation is 2. The fourth-order valence-electron chi connectivity index (χ4n) is 2.06. The molecule has 1 aromatic carbocycles. The largest absolute Gasteiger partial charge is 0.494 e. The van der Waals surface area contributed by atoms with E-state index in [0.29, 0.717) is 17.7 Å². The first-order valence-corrected chi connectivity index (χ1v) is 6.95. The Hall–Kier alpha value is -2.10. The zero-order valence-electron chi connectivity index (χ0n) is 12.2. The SMILES string of the molecule is CCCOc1ccc(C(=O)c2cn(C)nc2CC)cc1. The summed E-state index contributed by atoms with van der Waals surface area (Å²) in [5, 5.41) is 4.30. The maximum absolute atomic E-state index is 12.5. The Labute approximate surface area is 119 Å². The van der Waals surface area contributed by atoms with Crippen molar-refractivity contribution in [1.82, 2.24) is 9.78 Å². The second-order valence-corrected chi connectivity index (χ2v) is 4.72. The molecule has 0 radical (unpaired) electrons. The van der Waals surface area contributed by atoms with Gasteiger partial charge in [-0.3, -0.25) is 9.48 Å². The van der Waals surface area contributed by atoms with E-state index in [9.17, 15) is 4.79 Å². The summed E-state index contributed by atoms with van der Waals surface area (Å²) in [6.07, 6.45) is 3.50. The van der Waals surface area contributed by atoms with Gasteiger partial charge in [0.25, 0.3) is 0 Å². The second kappa shape index (κ2) is 6.37. The number of rotatable bonds is 6. The molecule has 1 aromatic heterocycles. The summed E-state index contributed by atoms with van der Waals surface area (Å²) >= 11 is 0. The molecule has 0 aliphatic carbocycles. The Morgan fingerprint density at radius 2 is 1.95 bits per heavy atom. The number of hydrogen-bond donors (Lipinski definition) is 0. The maximum Gasteiger partial charge on any atom is 0.196 e. The van der Waals surface area contributed by atoms with Crippen LogP contribution in [0.2, 0.25) is 0 Å². The molecule has 106 valence electrons. The molecule has 20 heavy (non-hydrogen) atoms. The van der Waals surface area contributed by atoms with E-state index < -0.39 is 0 Å². The summed E-state index contributed by atoms with van der Waals surface area (Å²) < 4.78 is 7.20. The van der Waals surface area contributed by atoms with Crippen LogP contribution in [0.5, 0.6) is 5.75 Å². The molecule has 0 saturated carbocycles. The van der Waals surface area contributed by atoms with E-state index in [1.54, 1.807) is 23.0 Å². The Kier molecular flexibility index (Phi) is 4.56. The molecule has 1 heterocycles. The average molecular weight is 272 g/mol. The fourth-order valence-corrected chi connectivity index (χ4v) is 2.06. The highest BCUT2D eigenvalue weighted by Gasteiger charge is 2.16. The molecule has 0 aliphatic rings. The third-order valence-electron chi connectivity index (χ3n) is 3.07. The van der Waals surface area contributed by atoms with Crippen molar-refractivity contribution in [2.45, 2.75) is 26.7 Å². The number of carbonyl (C=O) groups excluding carboxylic acids is 1. The summed E-state index contributed by atoms with van der Waals surface area (Å²) in [4.78, 5) is 12.5. The maximum atomic E-state index is 12.5. The van der Waals surface area contributed by atoms with Crippen LogP contribution in [0.15, 0.2) is 30.5 Å². The van der Waals surface area contributed by atoms with Gasteiger partial charge in [0.15, 0.2) is 5.78 Å². The summed E-state index contributed by atoms with van der Waals surface area (Å²) in [5.74, 6) is 0.808. The molecule has 2 rings (SSSR count). The standard InChI is InChI=1S/C16H20N2O2/c1-4-10-20-13-8-6-12(7-9-13)16(19)14-11-18(3)17-15(14)5-2/h6-9,11H,4-5,10H2,1-3H3. The van der Waals surface area contributed by atoms with E-state index in [1.165, 1.54) is 0 Å². The number of hydrogen-bond acceptors (Lipinski definition) is 3. The van der Waals surface area contributed by atoms with E-state index >= 15 is 0 Å². The molecule has 0 atom stereocenters. The number of aromatic nitrogens is 2. The van der Waals surface area contributed by atoms with Crippen LogP contribution in [-0.2, 0) is 13.5 Å². The highest BCUT2D eigenvalue weighted by atomic mass is 16.5. The summed E-state index contributed by atoms with van der Waals surface area (Å²) in [6.45, 7) is 4.75. The minimum atomic E-state index is 0.0111. The van der Waals surface area contributed by atoms with Gasteiger partial charge in [0.05, 0.1) is 17.9 Å². The zero-order chi connectivity index (χ0) is 14.5. The van der Waals surface area contributed by atoms with Gasteiger partial charge in [0.2, 0.25) is 0 Å². The minimum absolute atomic E-state index is 0.0111. The Bertz CT molecular complexity index is 585. The molecule has 0 fully saturated rings. The van der Waals surface area contributed by atoms with Crippen LogP contribution >= 0.6 is 0 Å². The van der Waals surface area contributed by atoms with Crippen LogP contribution in [0, 0.1) is 0 Å². The van der Waals surface area contributed by atoms with Gasteiger partial charge in [0, 0.05) is 18.8 Å². The van der Waals surface area contributed by atoms with Gasteiger partial charge in [-0.15, -0.1) is 0 Å². The third-order valence-corrected chi connectivity index (χ3v) is 3.07. The lowest BCUT2D eigenvalue weighted by atomic mass is 10.0. The predicted molar refractivity (Wildman–Crippen MR) is 78.2 cm³/mol. The Balaban J connectivity index is 2.20. The number of carbonyl (C=O) groups is 1. The van der Waals surface area contributed by atoms with Crippen molar-refractivity contribution >= 4 is 5.78 Å². The van der Waals surface area contributed by atoms with Gasteiger partial charge >= 0.3 is 0 Å². The fraction of sp³-hybridized carbons (Fsp3) is 0.375. The lowest BCUT2D eigenvalue weighted by Crippen LogP contribution is -2.03. The first-order chi connectivity index (χ1) is 9.65. The third kappa shape index (κ3) is 3.07. The van der Waals surface area contributed by atoms with E-state index in [0.717, 1.165) is 24.3 Å². The molecule has 4 nitrogen and oxygen atoms in total. The quantitative estimate of drug-likeness (QED) is 0.759. The highest BCUT2D eigenvalue weighted by Crippen LogP contribution is 2.17. The van der Waals surface area contributed by atoms with Gasteiger partial charge in [-0.05, 0) is 37.1 Å². The minimum Gasteiger partial charge on any atom is -0.494 e. The van der Waals surface area contributed by atoms with Gasteiger partial charge in [-0.1, -0.05) is 13.8 Å². The summed E-state index contributed by atoms with van der Waals surface area (Å²) in [7, 11) is 1.83. The zero-order valence-corrected chi connectivity index (χ0v) is 12.2. The highest BCUT2D eigenvalue weighted by molar-refractivity contribution is 6.09. The molecule has 2 aromatic rings. The summed E-state index contributed by atoms with van der Waals surface area (Å²) in [6, 6.07) is 7.29. The van der Waals surface area contributed by atoms with Crippen LogP contribution in [0.25, 0.3) is 0 Å². The van der Waals surface area contributed by atoms with Gasteiger partial charge in [-0.25, -0.2) is 0 Å². The van der Waals surface area contributed by atoms with Crippen molar-refractivity contribution in [1.29, 1.82) is 0 Å². The van der Waals surface area contributed by atoms with Crippen molar-refractivity contribution < 1.29 is 9.53 Å². The van der Waals surface area contributed by atoms with E-state index in [4.69, 9.17) is 4.74 Å². The van der Waals surface area contributed by atoms with Crippen molar-refractivity contribution in [2.75, 3.05) is 6.61 Å². The molecule has 0 bridgehead atoms. The number of ether oxygens (including phenoxy) is 1. The molecule has 0 amide bonds. The number of ketones is 1. The topological polar surface area (TPSA) is 44.1 Å². The first-order valence-electron chi connectivity index (χ1n) is 6.95. The monoisotopic (exact) mass is 272 g/mol. The van der Waals surface area contributed by atoms with Crippen LogP contribution < -0.4 is 4.74 Å². The van der Waals surface area contributed by atoms with Crippen LogP contribution in [0.3, 0.4) is 0 Å². The van der Waals surface area contributed by atoms with Crippen molar-refractivity contribution in [2.24, 2.45) is 7.05 Å². The molecule has 4 heteroatoms. The van der Waals surface area contributed by atoms with Crippen molar-refractivity contribution in [3.63, 3.8) is 0 Å². The van der Waals surface area contributed by atoms with Crippen LogP contribution in [0.1, 0.15) is 41.9 Å². The molecular formula is C16H20N2O2. The predicted octanol–water partition coefficient (Wildman–Crippen LogP) is 3.00. The van der Waals surface area contributed by atoms with Crippen molar-refractivity contribution in [3.05, 3.63) is 47.3 Å². The van der Waals surface area contributed by atoms with Crippen LogP contribution in [0.4, 0.5) is 0 Å². The molecule has 0 unspecified atom stereocenters. The van der Waals surface area contributed by atoms with Crippen molar-refractivity contribution in [3.8, 4) is 5.75 Å². The molecule has 0 saturated heterocycles. The molecule has 0 spiro atoms. The van der Waals surface area contributed by atoms with E-state index in [-0.39, 0.29) is 5.78 Å². The normalized spacial score (nSPS) is 10.6. The number of nitrogens with zero attached hydrogens (tertiary/aromatic N) is 2. The second-order valence-electron chi connectivity index (χ2n) is 4.72. The smallest absolute Gasteiger partial charge is 0.196 e. The van der Waals surface area contributed by atoms with Crippen LogP contribution in [-0.4, -0.2) is 22.2 Å². The molecule has 0 aliphatic heterocycles. The van der Waals surface area contributed by atoms with Gasteiger partial charge in [0.1, 0.15) is 5.75 Å². The molecule has 0 N–H and O–H groups in total. The number of benzene rings is 1. The Morgan fingerprint density at radius 1 is 1.25 bits per heavy atom. The lowest BCUT2D eigenvalue weighted by Gasteiger charge is -2.05. The summed E-state index contributed by atoms with van der Waals surface area (Å²) in [5.41, 5.74) is 2.18. The van der Waals surface area contributed by atoms with Gasteiger partial charge < -0.3 is 4.74 Å². The Morgan fingerprint density at radius 3 is 2.55 bits per heavy atom. The first kappa shape index (κ1) is 14.3. The van der Waals surface area contributed by atoms with E-state index in [2.05, 4.69) is 12.0 Å². The average Bonchev–Trinajstić information content (AvgIpc) is 2.86. The van der Waals surface area contributed by atoms with E-state index in [1.807, 2.05) is 26.1 Å².